The molecule has 5 heteroatoms. The maximum absolute atomic E-state index is 4.68. The van der Waals surface area contributed by atoms with Crippen LogP contribution in [0.4, 0.5) is 0 Å². The van der Waals surface area contributed by atoms with Crippen LogP contribution in [0.25, 0.3) is 55.7 Å². The van der Waals surface area contributed by atoms with E-state index in [0.717, 1.165) is 47.4 Å². The molecular formula is C40H38N5+. The molecule has 0 amide bonds. The standard InChI is InChI=1S/C40H38N5/c1-5-39(4)34-23-21-30(26-33(34)36-18-13-14-24-43(36)40(39,6-2)7-3)44-27-35(41-42-44)28-20-22-32-31-17-11-12-19-37(31)45(38(32)25-28)29-15-9-8-10-16-29/h8-27H,5-7H2,1-4H3/q+1. The molecule has 0 radical (unpaired) electrons. The Morgan fingerprint density at radius 3 is 2.24 bits per heavy atom. The highest BCUT2D eigenvalue weighted by Gasteiger charge is 2.58. The van der Waals surface area contributed by atoms with Gasteiger partial charge in [-0.1, -0.05) is 80.6 Å². The summed E-state index contributed by atoms with van der Waals surface area (Å²) in [4.78, 5) is 0. The average molecular weight is 589 g/mol. The molecule has 45 heavy (non-hydrogen) atoms. The van der Waals surface area contributed by atoms with E-state index in [1.54, 1.807) is 0 Å². The molecule has 0 N–H and O–H groups in total. The number of para-hydroxylation sites is 2. The zero-order chi connectivity index (χ0) is 30.8. The van der Waals surface area contributed by atoms with Gasteiger partial charge in [-0.15, -0.1) is 5.10 Å². The van der Waals surface area contributed by atoms with Gasteiger partial charge < -0.3 is 4.57 Å². The Labute approximate surface area is 264 Å². The summed E-state index contributed by atoms with van der Waals surface area (Å²) >= 11 is 0. The normalized spacial score (nSPS) is 17.0. The van der Waals surface area contributed by atoms with Crippen LogP contribution in [0.5, 0.6) is 0 Å². The zero-order valence-electron chi connectivity index (χ0n) is 26.4. The molecule has 8 rings (SSSR count). The summed E-state index contributed by atoms with van der Waals surface area (Å²) in [6, 6.07) is 39.3. The van der Waals surface area contributed by atoms with E-state index in [9.17, 15) is 0 Å². The predicted octanol–water partition coefficient (Wildman–Crippen LogP) is 9.18. The molecule has 5 nitrogen and oxygen atoms in total. The number of nitrogens with zero attached hydrogens (tertiary/aromatic N) is 5. The number of pyridine rings is 1. The van der Waals surface area contributed by atoms with Crippen LogP contribution in [0, 0.1) is 0 Å². The van der Waals surface area contributed by atoms with Gasteiger partial charge in [0.2, 0.25) is 5.69 Å². The van der Waals surface area contributed by atoms with Gasteiger partial charge in [0, 0.05) is 47.0 Å². The maximum atomic E-state index is 4.68. The van der Waals surface area contributed by atoms with Crippen molar-refractivity contribution < 1.29 is 4.57 Å². The van der Waals surface area contributed by atoms with Crippen molar-refractivity contribution in [2.75, 3.05) is 0 Å². The van der Waals surface area contributed by atoms with E-state index in [4.69, 9.17) is 0 Å². The van der Waals surface area contributed by atoms with E-state index in [2.05, 4.69) is 169 Å². The van der Waals surface area contributed by atoms with Crippen molar-refractivity contribution in [3.05, 3.63) is 127 Å². The second-order valence-electron chi connectivity index (χ2n) is 12.6. The highest BCUT2D eigenvalue weighted by atomic mass is 15.4. The van der Waals surface area contributed by atoms with Gasteiger partial charge in [-0.2, -0.15) is 4.57 Å². The van der Waals surface area contributed by atoms with Gasteiger partial charge in [0.25, 0.3) is 0 Å². The summed E-state index contributed by atoms with van der Waals surface area (Å²) in [5.41, 5.74) is 10.4. The van der Waals surface area contributed by atoms with E-state index >= 15 is 0 Å². The summed E-state index contributed by atoms with van der Waals surface area (Å²) in [5.74, 6) is 0. The van der Waals surface area contributed by atoms with Gasteiger partial charge in [-0.25, -0.2) is 4.68 Å². The van der Waals surface area contributed by atoms with Gasteiger partial charge in [0.15, 0.2) is 11.7 Å². The summed E-state index contributed by atoms with van der Waals surface area (Å²) in [7, 11) is 0. The molecule has 0 spiro atoms. The summed E-state index contributed by atoms with van der Waals surface area (Å²) < 4.78 is 6.82. The number of benzene rings is 4. The van der Waals surface area contributed by atoms with Crippen molar-refractivity contribution in [3.8, 4) is 33.9 Å². The minimum Gasteiger partial charge on any atom is -0.309 e. The van der Waals surface area contributed by atoms with Crippen LogP contribution in [0.3, 0.4) is 0 Å². The van der Waals surface area contributed by atoms with E-state index in [-0.39, 0.29) is 11.0 Å². The number of rotatable bonds is 6. The molecule has 3 aromatic heterocycles. The SMILES string of the molecule is CCC1(C)c2ccc(-n3cc(-c4ccc5c6ccccc6n(-c6ccccc6)c5c4)nn3)cc2-c2cccc[n+]2C1(CC)CC. The van der Waals surface area contributed by atoms with Gasteiger partial charge >= 0.3 is 0 Å². The lowest BCUT2D eigenvalue weighted by Gasteiger charge is -2.47. The van der Waals surface area contributed by atoms with Crippen LogP contribution in [0.2, 0.25) is 0 Å². The van der Waals surface area contributed by atoms with Gasteiger partial charge in [-0.3, -0.25) is 0 Å². The minimum atomic E-state index is 0.00350. The minimum absolute atomic E-state index is 0.00350. The fraction of sp³-hybridized carbons (Fsp3) is 0.225. The first-order valence-corrected chi connectivity index (χ1v) is 16.2. The monoisotopic (exact) mass is 588 g/mol. The van der Waals surface area contributed by atoms with E-state index in [1.807, 2.05) is 4.68 Å². The van der Waals surface area contributed by atoms with Crippen molar-refractivity contribution in [3.63, 3.8) is 0 Å². The first kappa shape index (κ1) is 27.5. The molecule has 4 heterocycles. The molecule has 7 aromatic rings. The van der Waals surface area contributed by atoms with Crippen molar-refractivity contribution in [1.82, 2.24) is 19.6 Å². The van der Waals surface area contributed by atoms with E-state index in [0.29, 0.717) is 0 Å². The highest BCUT2D eigenvalue weighted by molar-refractivity contribution is 6.10. The Bertz CT molecular complexity index is 2200. The molecule has 4 aromatic carbocycles. The lowest BCUT2D eigenvalue weighted by molar-refractivity contribution is -0.769. The summed E-state index contributed by atoms with van der Waals surface area (Å²) in [5, 5.41) is 11.8. The lowest BCUT2D eigenvalue weighted by atomic mass is 9.59. The largest absolute Gasteiger partial charge is 0.309 e. The molecule has 222 valence electrons. The molecule has 0 saturated heterocycles. The van der Waals surface area contributed by atoms with Crippen molar-refractivity contribution in [2.24, 2.45) is 0 Å². The zero-order valence-corrected chi connectivity index (χ0v) is 26.4. The first-order valence-electron chi connectivity index (χ1n) is 16.2. The quantitative estimate of drug-likeness (QED) is 0.182. The van der Waals surface area contributed by atoms with Gasteiger partial charge in [0.1, 0.15) is 5.69 Å². The smallest absolute Gasteiger partial charge is 0.213 e. The summed E-state index contributed by atoms with van der Waals surface area (Å²) in [6.07, 6.45) is 7.57. The molecule has 0 fully saturated rings. The molecule has 0 bridgehead atoms. The van der Waals surface area contributed by atoms with E-state index in [1.165, 1.54) is 33.1 Å². The Hall–Kier alpha value is -5.03. The number of hydrogen-bond donors (Lipinski definition) is 0. The highest BCUT2D eigenvalue weighted by Crippen LogP contribution is 2.51. The third kappa shape index (κ3) is 3.83. The fourth-order valence-corrected chi connectivity index (χ4v) is 8.32. The number of hydrogen-bond acceptors (Lipinski definition) is 2. The molecule has 0 aliphatic carbocycles. The second-order valence-corrected chi connectivity index (χ2v) is 12.6. The van der Waals surface area contributed by atoms with Crippen LogP contribution >= 0.6 is 0 Å². The Morgan fingerprint density at radius 1 is 0.689 bits per heavy atom. The number of fused-ring (bicyclic) bond motifs is 6. The predicted molar refractivity (Wildman–Crippen MR) is 183 cm³/mol. The topological polar surface area (TPSA) is 39.5 Å². The van der Waals surface area contributed by atoms with Gasteiger partial charge in [-0.05, 0) is 61.4 Å². The Balaban J connectivity index is 1.24. The maximum Gasteiger partial charge on any atom is 0.213 e. The molecule has 0 saturated carbocycles. The third-order valence-corrected chi connectivity index (χ3v) is 10.8. The average Bonchev–Trinajstić information content (AvgIpc) is 3.72. The van der Waals surface area contributed by atoms with Crippen molar-refractivity contribution in [2.45, 2.75) is 57.9 Å². The van der Waals surface area contributed by atoms with Crippen LogP contribution in [-0.4, -0.2) is 19.6 Å². The summed E-state index contributed by atoms with van der Waals surface area (Å²) in [6.45, 7) is 9.48. The van der Waals surface area contributed by atoms with Crippen molar-refractivity contribution in [1.29, 1.82) is 0 Å². The molecule has 1 aliphatic rings. The third-order valence-electron chi connectivity index (χ3n) is 10.8. The Kier molecular flexibility index (Phi) is 6.28. The Morgan fingerprint density at radius 2 is 1.44 bits per heavy atom. The van der Waals surface area contributed by atoms with Gasteiger partial charge in [0.05, 0.1) is 33.9 Å². The number of aromatic nitrogens is 5. The second kappa shape index (κ2) is 10.3. The molecular weight excluding hydrogens is 550 g/mol. The molecule has 1 aliphatic heterocycles. The first-order chi connectivity index (χ1) is 22.0. The van der Waals surface area contributed by atoms with Crippen LogP contribution in [0.1, 0.15) is 52.5 Å². The fourth-order valence-electron chi connectivity index (χ4n) is 8.32. The molecule has 1 unspecified atom stereocenters. The van der Waals surface area contributed by atoms with Crippen LogP contribution in [-0.2, 0) is 11.0 Å². The lowest BCUT2D eigenvalue weighted by Crippen LogP contribution is -2.68. The van der Waals surface area contributed by atoms with E-state index < -0.39 is 0 Å². The van der Waals surface area contributed by atoms with Crippen molar-refractivity contribution >= 4 is 21.8 Å². The van der Waals surface area contributed by atoms with Crippen LogP contribution < -0.4 is 4.57 Å². The van der Waals surface area contributed by atoms with Crippen LogP contribution in [0.15, 0.2) is 122 Å². The molecule has 1 atom stereocenters.